The van der Waals surface area contributed by atoms with E-state index in [1.54, 1.807) is 6.20 Å². The quantitative estimate of drug-likeness (QED) is 0.565. The van der Waals surface area contributed by atoms with E-state index in [9.17, 15) is 4.79 Å². The fraction of sp³-hybridized carbons (Fsp3) is 0.0909. The lowest BCUT2D eigenvalue weighted by molar-refractivity contribution is -0.118. The van der Waals surface area contributed by atoms with Gasteiger partial charge in [-0.05, 0) is 46.7 Å². The maximum absolute atomic E-state index is 12.2. The number of fused-ring (bicyclic) bond motifs is 1. The van der Waals surface area contributed by atoms with Gasteiger partial charge in [-0.25, -0.2) is 0 Å². The Morgan fingerprint density at radius 1 is 0.963 bits per heavy atom. The lowest BCUT2D eigenvalue weighted by Crippen LogP contribution is -2.20. The monoisotopic (exact) mass is 357 g/mol. The van der Waals surface area contributed by atoms with Crippen molar-refractivity contribution in [2.45, 2.75) is 6.54 Å². The summed E-state index contributed by atoms with van der Waals surface area (Å²) in [5, 5.41) is 9.30. The highest BCUT2D eigenvalue weighted by molar-refractivity contribution is 5.92. The van der Waals surface area contributed by atoms with Gasteiger partial charge in [0.2, 0.25) is 0 Å². The molecule has 1 heterocycles. The molecule has 0 aliphatic carbocycles. The van der Waals surface area contributed by atoms with E-state index in [0.717, 1.165) is 22.0 Å². The fourth-order valence-electron chi connectivity index (χ4n) is 2.93. The van der Waals surface area contributed by atoms with Crippen LogP contribution in [-0.2, 0) is 11.3 Å². The van der Waals surface area contributed by atoms with Crippen molar-refractivity contribution in [2.24, 2.45) is 0 Å². The molecule has 0 unspecified atom stereocenters. The van der Waals surface area contributed by atoms with E-state index >= 15 is 0 Å². The van der Waals surface area contributed by atoms with Crippen LogP contribution in [0, 0.1) is 0 Å². The first-order valence-electron chi connectivity index (χ1n) is 8.74. The van der Waals surface area contributed by atoms with Crippen molar-refractivity contribution in [1.82, 2.24) is 9.78 Å². The van der Waals surface area contributed by atoms with Gasteiger partial charge in [-0.2, -0.15) is 5.10 Å². The van der Waals surface area contributed by atoms with Gasteiger partial charge < -0.3 is 10.1 Å². The van der Waals surface area contributed by atoms with Gasteiger partial charge in [0.15, 0.2) is 6.61 Å². The van der Waals surface area contributed by atoms with Crippen LogP contribution in [0.5, 0.6) is 5.75 Å². The molecule has 0 radical (unpaired) electrons. The molecule has 5 nitrogen and oxygen atoms in total. The molecule has 0 saturated heterocycles. The zero-order valence-electron chi connectivity index (χ0n) is 14.7. The van der Waals surface area contributed by atoms with Crippen molar-refractivity contribution in [3.8, 4) is 5.75 Å². The summed E-state index contributed by atoms with van der Waals surface area (Å²) in [5.41, 5.74) is 1.80. The smallest absolute Gasteiger partial charge is 0.262 e. The average Bonchev–Trinajstić information content (AvgIpc) is 3.19. The third kappa shape index (κ3) is 4.33. The normalized spacial score (nSPS) is 10.7. The summed E-state index contributed by atoms with van der Waals surface area (Å²) < 4.78 is 7.47. The maximum Gasteiger partial charge on any atom is 0.262 e. The van der Waals surface area contributed by atoms with Gasteiger partial charge in [0, 0.05) is 18.1 Å². The van der Waals surface area contributed by atoms with Crippen LogP contribution < -0.4 is 10.1 Å². The van der Waals surface area contributed by atoms with Gasteiger partial charge in [-0.1, -0.05) is 42.5 Å². The number of carbonyl (C=O) groups is 1. The Morgan fingerprint density at radius 2 is 1.85 bits per heavy atom. The highest BCUT2D eigenvalue weighted by Crippen LogP contribution is 2.20. The number of nitrogens with zero attached hydrogens (tertiary/aromatic N) is 2. The number of benzene rings is 3. The second-order valence-electron chi connectivity index (χ2n) is 6.25. The number of hydrogen-bond donors (Lipinski definition) is 1. The number of ether oxygens (including phenoxy) is 1. The molecule has 4 rings (SSSR count). The Morgan fingerprint density at radius 3 is 2.70 bits per heavy atom. The second-order valence-corrected chi connectivity index (χ2v) is 6.25. The number of carbonyl (C=O) groups excluding carboxylic acids is 1. The van der Waals surface area contributed by atoms with Gasteiger partial charge >= 0.3 is 0 Å². The van der Waals surface area contributed by atoms with E-state index in [-0.39, 0.29) is 12.5 Å². The van der Waals surface area contributed by atoms with E-state index < -0.39 is 0 Å². The molecule has 0 aliphatic rings. The van der Waals surface area contributed by atoms with Crippen molar-refractivity contribution in [3.05, 3.63) is 90.8 Å². The Kier molecular flexibility index (Phi) is 4.83. The zero-order chi connectivity index (χ0) is 18.5. The molecule has 0 atom stereocenters. The summed E-state index contributed by atoms with van der Waals surface area (Å²) in [7, 11) is 0. The first-order chi connectivity index (χ1) is 13.3. The van der Waals surface area contributed by atoms with E-state index in [2.05, 4.69) is 10.4 Å². The topological polar surface area (TPSA) is 56.1 Å². The largest absolute Gasteiger partial charge is 0.484 e. The Labute approximate surface area is 157 Å². The van der Waals surface area contributed by atoms with Crippen molar-refractivity contribution in [3.63, 3.8) is 0 Å². The van der Waals surface area contributed by atoms with Gasteiger partial charge in [-0.15, -0.1) is 0 Å². The second kappa shape index (κ2) is 7.74. The molecular weight excluding hydrogens is 338 g/mol. The molecule has 3 aromatic carbocycles. The predicted molar refractivity (Wildman–Crippen MR) is 106 cm³/mol. The molecule has 0 saturated carbocycles. The predicted octanol–water partition coefficient (Wildman–Crippen LogP) is 4.10. The molecule has 1 N–H and O–H groups in total. The van der Waals surface area contributed by atoms with Crippen LogP contribution in [0.4, 0.5) is 5.69 Å². The van der Waals surface area contributed by atoms with Gasteiger partial charge in [0.1, 0.15) is 5.75 Å². The summed E-state index contributed by atoms with van der Waals surface area (Å²) in [6.07, 6.45) is 3.65. The molecule has 1 aromatic heterocycles. The average molecular weight is 357 g/mol. The molecule has 1 amide bonds. The molecule has 134 valence electrons. The fourth-order valence-corrected chi connectivity index (χ4v) is 2.93. The molecule has 0 bridgehead atoms. The summed E-state index contributed by atoms with van der Waals surface area (Å²) in [4.78, 5) is 12.2. The standard InChI is InChI=1S/C22H19N3O2/c26-22(16-27-21-10-9-18-6-1-2-7-19(18)14-21)24-20-8-3-5-17(13-20)15-25-12-4-11-23-25/h1-14H,15-16H2,(H,24,26). The lowest BCUT2D eigenvalue weighted by Gasteiger charge is -2.10. The minimum atomic E-state index is -0.195. The lowest BCUT2D eigenvalue weighted by atomic mass is 10.1. The Balaban J connectivity index is 1.36. The van der Waals surface area contributed by atoms with E-state index in [1.165, 1.54) is 0 Å². The number of amides is 1. The van der Waals surface area contributed by atoms with Crippen LogP contribution in [-0.4, -0.2) is 22.3 Å². The number of nitrogens with one attached hydrogen (secondary N) is 1. The van der Waals surface area contributed by atoms with Gasteiger partial charge in [0.05, 0.1) is 6.54 Å². The molecule has 0 spiro atoms. The van der Waals surface area contributed by atoms with E-state index in [0.29, 0.717) is 12.3 Å². The van der Waals surface area contributed by atoms with Crippen LogP contribution in [0.25, 0.3) is 10.8 Å². The van der Waals surface area contributed by atoms with Crippen LogP contribution in [0.1, 0.15) is 5.56 Å². The molecule has 5 heteroatoms. The van der Waals surface area contributed by atoms with Gasteiger partial charge in [0.25, 0.3) is 5.91 Å². The third-order valence-electron chi connectivity index (χ3n) is 4.21. The molecule has 27 heavy (non-hydrogen) atoms. The van der Waals surface area contributed by atoms with E-state index in [1.807, 2.05) is 83.7 Å². The zero-order valence-corrected chi connectivity index (χ0v) is 14.7. The SMILES string of the molecule is O=C(COc1ccc2ccccc2c1)Nc1cccc(Cn2cccn2)c1. The van der Waals surface area contributed by atoms with Gasteiger partial charge in [-0.3, -0.25) is 9.48 Å². The first kappa shape index (κ1) is 16.8. The van der Waals surface area contributed by atoms with E-state index in [4.69, 9.17) is 4.74 Å². The van der Waals surface area contributed by atoms with Crippen molar-refractivity contribution in [2.75, 3.05) is 11.9 Å². The number of aromatic nitrogens is 2. The molecule has 4 aromatic rings. The van der Waals surface area contributed by atoms with Crippen molar-refractivity contribution < 1.29 is 9.53 Å². The minimum Gasteiger partial charge on any atom is -0.484 e. The summed E-state index contributed by atoms with van der Waals surface area (Å²) >= 11 is 0. The highest BCUT2D eigenvalue weighted by atomic mass is 16.5. The minimum absolute atomic E-state index is 0.0400. The molecule has 0 aliphatic heterocycles. The van der Waals surface area contributed by atoms with Crippen LogP contribution in [0.3, 0.4) is 0 Å². The number of anilines is 1. The summed E-state index contributed by atoms with van der Waals surface area (Å²) in [6.45, 7) is 0.617. The summed E-state index contributed by atoms with van der Waals surface area (Å²) in [6, 6.07) is 23.4. The van der Waals surface area contributed by atoms with Crippen molar-refractivity contribution in [1.29, 1.82) is 0 Å². The van der Waals surface area contributed by atoms with Crippen molar-refractivity contribution >= 4 is 22.4 Å². The first-order valence-corrected chi connectivity index (χ1v) is 8.74. The van der Waals surface area contributed by atoms with Crippen LogP contribution >= 0.6 is 0 Å². The third-order valence-corrected chi connectivity index (χ3v) is 4.21. The number of rotatable bonds is 6. The highest BCUT2D eigenvalue weighted by Gasteiger charge is 2.05. The molecule has 0 fully saturated rings. The van der Waals surface area contributed by atoms with Crippen LogP contribution in [0.15, 0.2) is 85.2 Å². The summed E-state index contributed by atoms with van der Waals surface area (Å²) in [5.74, 6) is 0.482. The van der Waals surface area contributed by atoms with Crippen LogP contribution in [0.2, 0.25) is 0 Å². The Hall–Kier alpha value is -3.60. The number of hydrogen-bond acceptors (Lipinski definition) is 3. The molecular formula is C22H19N3O2. The maximum atomic E-state index is 12.2. The Bertz CT molecular complexity index is 1060.